The second-order valence-corrected chi connectivity index (χ2v) is 9.92. The van der Waals surface area contributed by atoms with E-state index in [0.29, 0.717) is 40.2 Å². The minimum atomic E-state index is -0.473. The molecule has 2 fully saturated rings. The smallest absolute Gasteiger partial charge is 0.257 e. The fraction of sp³-hybridized carbons (Fsp3) is 0.385. The number of piperazine rings is 1. The molecule has 2 N–H and O–H groups in total. The van der Waals surface area contributed by atoms with Crippen LogP contribution in [0.15, 0.2) is 36.7 Å². The zero-order chi connectivity index (χ0) is 24.3. The fourth-order valence-electron chi connectivity index (χ4n) is 5.12. The van der Waals surface area contributed by atoms with E-state index in [0.717, 1.165) is 42.8 Å². The first-order chi connectivity index (χ1) is 16.9. The van der Waals surface area contributed by atoms with E-state index in [4.69, 9.17) is 4.98 Å². The van der Waals surface area contributed by atoms with Gasteiger partial charge in [-0.3, -0.25) is 9.48 Å². The number of nitrogens with one attached hydrogen (secondary N) is 2. The Labute approximate surface area is 202 Å². The van der Waals surface area contributed by atoms with Gasteiger partial charge < -0.3 is 15.5 Å². The summed E-state index contributed by atoms with van der Waals surface area (Å²) in [5, 5.41) is 12.0. The molecule has 35 heavy (non-hydrogen) atoms. The van der Waals surface area contributed by atoms with Crippen LogP contribution in [0, 0.1) is 5.82 Å². The Morgan fingerprint density at radius 2 is 1.91 bits per heavy atom. The number of hydrogen-bond donors (Lipinski definition) is 2. The van der Waals surface area contributed by atoms with Crippen molar-refractivity contribution in [2.45, 2.75) is 44.7 Å². The van der Waals surface area contributed by atoms with Crippen molar-refractivity contribution in [1.82, 2.24) is 25.1 Å². The number of carbonyl (C=O) groups is 1. The van der Waals surface area contributed by atoms with E-state index in [1.807, 2.05) is 18.3 Å². The minimum absolute atomic E-state index is 0.279. The van der Waals surface area contributed by atoms with Crippen LogP contribution in [-0.2, 0) is 7.05 Å². The van der Waals surface area contributed by atoms with Gasteiger partial charge in [0.2, 0.25) is 0 Å². The molecule has 1 saturated heterocycles. The van der Waals surface area contributed by atoms with Crippen molar-refractivity contribution < 1.29 is 9.18 Å². The molecule has 1 saturated carbocycles. The molecule has 2 atom stereocenters. The molecule has 3 heterocycles. The van der Waals surface area contributed by atoms with Crippen molar-refractivity contribution in [1.29, 1.82) is 0 Å². The lowest BCUT2D eigenvalue weighted by molar-refractivity contribution is 0.102. The Bertz CT molecular complexity index is 1450. The monoisotopic (exact) mass is 473 g/mol. The molecule has 1 amide bonds. The van der Waals surface area contributed by atoms with Crippen molar-refractivity contribution >= 4 is 39.1 Å². The summed E-state index contributed by atoms with van der Waals surface area (Å²) in [5.41, 5.74) is 2.78. The number of anilines is 2. The van der Waals surface area contributed by atoms with Gasteiger partial charge in [-0.1, -0.05) is 0 Å². The number of halogens is 1. The quantitative estimate of drug-likeness (QED) is 0.466. The maximum Gasteiger partial charge on any atom is 0.257 e. The van der Waals surface area contributed by atoms with Crippen molar-refractivity contribution in [3.05, 3.63) is 53.9 Å². The SMILES string of the molecule is C[C@@H]1CN(c2ccc(C(=O)Nc3cc(F)c4nn(C)cc4c3)c3nc(C4CC4)ncc23)C[C@H](C)N1. The lowest BCUT2D eigenvalue weighted by Gasteiger charge is -2.38. The Hall–Kier alpha value is -3.59. The molecule has 9 heteroatoms. The van der Waals surface area contributed by atoms with E-state index < -0.39 is 5.82 Å². The van der Waals surface area contributed by atoms with Crippen LogP contribution in [0.25, 0.3) is 21.8 Å². The van der Waals surface area contributed by atoms with Crippen LogP contribution in [0.4, 0.5) is 15.8 Å². The topological polar surface area (TPSA) is 88.0 Å². The molecule has 0 radical (unpaired) electrons. The number of nitrogens with zero attached hydrogens (tertiary/aromatic N) is 5. The second-order valence-electron chi connectivity index (χ2n) is 9.92. The van der Waals surface area contributed by atoms with E-state index in [1.165, 1.54) is 6.07 Å². The number of aryl methyl sites for hydroxylation is 1. The van der Waals surface area contributed by atoms with Gasteiger partial charge >= 0.3 is 0 Å². The molecule has 0 unspecified atom stereocenters. The third kappa shape index (κ3) is 4.10. The van der Waals surface area contributed by atoms with E-state index >= 15 is 0 Å². The summed E-state index contributed by atoms with van der Waals surface area (Å²) in [6.45, 7) is 6.07. The van der Waals surface area contributed by atoms with Crippen LogP contribution >= 0.6 is 0 Å². The fourth-order valence-corrected chi connectivity index (χ4v) is 5.12. The predicted octanol–water partition coefficient (Wildman–Crippen LogP) is 3.97. The maximum atomic E-state index is 14.6. The molecule has 180 valence electrons. The number of amides is 1. The van der Waals surface area contributed by atoms with E-state index in [1.54, 1.807) is 24.0 Å². The third-order valence-electron chi connectivity index (χ3n) is 6.77. The summed E-state index contributed by atoms with van der Waals surface area (Å²) in [6, 6.07) is 7.54. The number of benzene rings is 2. The number of carbonyl (C=O) groups excluding carboxylic acids is 1. The van der Waals surface area contributed by atoms with E-state index in [-0.39, 0.29) is 11.4 Å². The van der Waals surface area contributed by atoms with Crippen LogP contribution in [-0.4, -0.2) is 50.8 Å². The van der Waals surface area contributed by atoms with Crippen LogP contribution in [0.5, 0.6) is 0 Å². The molecule has 1 aliphatic heterocycles. The van der Waals surface area contributed by atoms with Crippen molar-refractivity contribution in [2.75, 3.05) is 23.3 Å². The normalized spacial score (nSPS) is 20.5. The highest BCUT2D eigenvalue weighted by Gasteiger charge is 2.29. The van der Waals surface area contributed by atoms with Crippen LogP contribution < -0.4 is 15.5 Å². The first-order valence-corrected chi connectivity index (χ1v) is 12.1. The molecule has 1 aliphatic carbocycles. The molecule has 0 spiro atoms. The zero-order valence-electron chi connectivity index (χ0n) is 20.0. The van der Waals surface area contributed by atoms with Crippen molar-refractivity contribution in [2.24, 2.45) is 7.05 Å². The van der Waals surface area contributed by atoms with Gasteiger partial charge in [-0.2, -0.15) is 5.10 Å². The van der Waals surface area contributed by atoms with Gasteiger partial charge in [-0.05, 0) is 51.0 Å². The molecule has 2 aromatic heterocycles. The predicted molar refractivity (Wildman–Crippen MR) is 134 cm³/mol. The maximum absolute atomic E-state index is 14.6. The summed E-state index contributed by atoms with van der Waals surface area (Å²) < 4.78 is 16.1. The van der Waals surface area contributed by atoms with E-state index in [9.17, 15) is 9.18 Å². The molecule has 0 bridgehead atoms. The Morgan fingerprint density at radius 1 is 1.14 bits per heavy atom. The third-order valence-corrected chi connectivity index (χ3v) is 6.77. The highest BCUT2D eigenvalue weighted by atomic mass is 19.1. The Balaban J connectivity index is 1.40. The first kappa shape index (κ1) is 21.9. The van der Waals surface area contributed by atoms with Gasteiger partial charge in [0.1, 0.15) is 11.3 Å². The number of rotatable bonds is 4. The van der Waals surface area contributed by atoms with Crippen LogP contribution in [0.2, 0.25) is 0 Å². The standard InChI is InChI=1S/C26H28FN7O/c1-14-11-34(12-15(2)29-14)22-7-6-19(24-20(22)10-28-25(31-24)16-4-5-16)26(35)30-18-8-17-13-33(3)32-23(17)21(27)9-18/h6-10,13-16,29H,4-5,11-12H2,1-3H3,(H,30,35)/t14-,15+. The largest absolute Gasteiger partial charge is 0.368 e. The van der Waals surface area contributed by atoms with Crippen LogP contribution in [0.3, 0.4) is 0 Å². The molecule has 4 aromatic rings. The van der Waals surface area contributed by atoms with Gasteiger partial charge in [-0.15, -0.1) is 0 Å². The lowest BCUT2D eigenvalue weighted by Crippen LogP contribution is -2.54. The molecule has 8 nitrogen and oxygen atoms in total. The van der Waals surface area contributed by atoms with Crippen molar-refractivity contribution in [3.8, 4) is 0 Å². The summed E-state index contributed by atoms with van der Waals surface area (Å²) in [5.74, 6) is 0.347. The average Bonchev–Trinajstić information content (AvgIpc) is 3.59. The molecular formula is C26H28FN7O. The number of aromatic nitrogens is 4. The summed E-state index contributed by atoms with van der Waals surface area (Å²) in [4.78, 5) is 25.3. The highest BCUT2D eigenvalue weighted by molar-refractivity contribution is 6.14. The van der Waals surface area contributed by atoms with Gasteiger partial charge in [0.25, 0.3) is 5.91 Å². The minimum Gasteiger partial charge on any atom is -0.368 e. The molecule has 2 aliphatic rings. The average molecular weight is 474 g/mol. The van der Waals surface area contributed by atoms with E-state index in [2.05, 4.69) is 39.5 Å². The molecule has 6 rings (SSSR count). The molecular weight excluding hydrogens is 445 g/mol. The number of hydrogen-bond acceptors (Lipinski definition) is 6. The van der Waals surface area contributed by atoms with Crippen LogP contribution in [0.1, 0.15) is 48.8 Å². The van der Waals surface area contributed by atoms with Gasteiger partial charge in [-0.25, -0.2) is 14.4 Å². The number of fused-ring (bicyclic) bond motifs is 2. The highest BCUT2D eigenvalue weighted by Crippen LogP contribution is 2.39. The summed E-state index contributed by atoms with van der Waals surface area (Å²) in [7, 11) is 1.74. The first-order valence-electron chi connectivity index (χ1n) is 12.1. The summed E-state index contributed by atoms with van der Waals surface area (Å²) >= 11 is 0. The zero-order valence-corrected chi connectivity index (χ0v) is 20.0. The van der Waals surface area contributed by atoms with Crippen molar-refractivity contribution in [3.63, 3.8) is 0 Å². The van der Waals surface area contributed by atoms with Gasteiger partial charge in [0.05, 0.1) is 11.1 Å². The second kappa shape index (κ2) is 8.27. The summed E-state index contributed by atoms with van der Waals surface area (Å²) in [6.07, 6.45) is 5.73. The van der Waals surface area contributed by atoms with Gasteiger partial charge in [0, 0.05) is 72.7 Å². The Kier molecular flexibility index (Phi) is 5.17. The lowest BCUT2D eigenvalue weighted by atomic mass is 10.0. The molecule has 2 aromatic carbocycles. The van der Waals surface area contributed by atoms with Gasteiger partial charge in [0.15, 0.2) is 5.82 Å². The Morgan fingerprint density at radius 3 is 2.66 bits per heavy atom.